The summed E-state index contributed by atoms with van der Waals surface area (Å²) < 4.78 is 5.57. The van der Waals surface area contributed by atoms with Gasteiger partial charge in [0.1, 0.15) is 0 Å². The molecular formula is C17H37IN4O. The molecular weight excluding hydrogens is 403 g/mol. The maximum Gasteiger partial charge on any atom is 0.191 e. The molecule has 6 heteroatoms. The van der Waals surface area contributed by atoms with Gasteiger partial charge in [0, 0.05) is 38.4 Å². The summed E-state index contributed by atoms with van der Waals surface area (Å²) in [6, 6.07) is 1.29. The highest BCUT2D eigenvalue weighted by atomic mass is 127. The van der Waals surface area contributed by atoms with Crippen molar-refractivity contribution in [3.63, 3.8) is 0 Å². The highest BCUT2D eigenvalue weighted by molar-refractivity contribution is 14.0. The lowest BCUT2D eigenvalue weighted by Gasteiger charge is -2.23. The predicted octanol–water partition coefficient (Wildman–Crippen LogP) is 2.85. The molecule has 1 aliphatic rings. The SMILES string of the molecule is CCCCOCCCNC(=NCC(C)N(C)C1CC1)NCC.I. The molecule has 1 aliphatic carbocycles. The number of ether oxygens (including phenoxy) is 1. The standard InChI is InChI=1S/C17H36N4O.HI/c1-5-7-12-22-13-8-11-19-17(18-6-2)20-14-15(3)21(4)16-9-10-16;/h15-16H,5-14H2,1-4H3,(H2,18,19,20);1H. The number of unbranched alkanes of at least 4 members (excludes halogenated alkanes) is 1. The topological polar surface area (TPSA) is 48.9 Å². The average Bonchev–Trinajstić information content (AvgIpc) is 3.35. The fourth-order valence-corrected chi connectivity index (χ4v) is 2.27. The molecule has 0 spiro atoms. The van der Waals surface area contributed by atoms with Crippen LogP contribution in [-0.4, -0.2) is 62.8 Å². The van der Waals surface area contributed by atoms with E-state index in [4.69, 9.17) is 9.73 Å². The van der Waals surface area contributed by atoms with Crippen molar-refractivity contribution in [2.75, 3.05) is 39.9 Å². The molecule has 0 bridgehead atoms. The van der Waals surface area contributed by atoms with Crippen LogP contribution in [0.4, 0.5) is 0 Å². The van der Waals surface area contributed by atoms with Gasteiger partial charge in [-0.2, -0.15) is 0 Å². The van der Waals surface area contributed by atoms with E-state index in [1.807, 2.05) is 0 Å². The van der Waals surface area contributed by atoms with Gasteiger partial charge in [0.05, 0.1) is 6.54 Å². The molecule has 1 saturated carbocycles. The van der Waals surface area contributed by atoms with E-state index in [1.165, 1.54) is 19.3 Å². The number of likely N-dealkylation sites (N-methyl/N-ethyl adjacent to an activating group) is 1. The van der Waals surface area contributed by atoms with Crippen molar-refractivity contribution in [2.24, 2.45) is 4.99 Å². The summed E-state index contributed by atoms with van der Waals surface area (Å²) in [7, 11) is 2.21. The minimum Gasteiger partial charge on any atom is -0.381 e. The van der Waals surface area contributed by atoms with Crippen LogP contribution in [0.25, 0.3) is 0 Å². The summed E-state index contributed by atoms with van der Waals surface area (Å²) >= 11 is 0. The fourth-order valence-electron chi connectivity index (χ4n) is 2.27. The first kappa shape index (κ1) is 22.9. The molecule has 1 fully saturated rings. The zero-order valence-corrected chi connectivity index (χ0v) is 17.8. The maximum atomic E-state index is 5.57. The Morgan fingerprint density at radius 2 is 1.91 bits per heavy atom. The molecule has 23 heavy (non-hydrogen) atoms. The summed E-state index contributed by atoms with van der Waals surface area (Å²) in [6.07, 6.45) is 6.07. The van der Waals surface area contributed by atoms with Gasteiger partial charge in [-0.05, 0) is 46.6 Å². The average molecular weight is 440 g/mol. The van der Waals surface area contributed by atoms with Gasteiger partial charge < -0.3 is 15.4 Å². The summed E-state index contributed by atoms with van der Waals surface area (Å²) in [6.45, 7) is 10.9. The highest BCUT2D eigenvalue weighted by Gasteiger charge is 2.28. The van der Waals surface area contributed by atoms with Crippen molar-refractivity contribution in [1.82, 2.24) is 15.5 Å². The van der Waals surface area contributed by atoms with Crippen LogP contribution in [0.3, 0.4) is 0 Å². The van der Waals surface area contributed by atoms with Gasteiger partial charge in [-0.1, -0.05) is 13.3 Å². The third-order valence-corrected chi connectivity index (χ3v) is 4.08. The number of aliphatic imine (C=N–C) groups is 1. The minimum atomic E-state index is 0. The molecule has 0 heterocycles. The van der Waals surface area contributed by atoms with E-state index in [2.05, 4.69) is 43.4 Å². The summed E-state index contributed by atoms with van der Waals surface area (Å²) in [5.41, 5.74) is 0. The normalized spacial score (nSPS) is 16.1. The molecule has 5 nitrogen and oxygen atoms in total. The smallest absolute Gasteiger partial charge is 0.191 e. The molecule has 0 aromatic rings. The minimum absolute atomic E-state index is 0. The largest absolute Gasteiger partial charge is 0.381 e. The summed E-state index contributed by atoms with van der Waals surface area (Å²) in [5.74, 6) is 0.923. The monoisotopic (exact) mass is 440 g/mol. The lowest BCUT2D eigenvalue weighted by atomic mass is 10.3. The fraction of sp³-hybridized carbons (Fsp3) is 0.941. The number of nitrogens with one attached hydrogen (secondary N) is 2. The van der Waals surface area contributed by atoms with Crippen LogP contribution < -0.4 is 10.6 Å². The highest BCUT2D eigenvalue weighted by Crippen LogP contribution is 2.26. The van der Waals surface area contributed by atoms with Crippen molar-refractivity contribution < 1.29 is 4.74 Å². The number of hydrogen-bond acceptors (Lipinski definition) is 3. The number of hydrogen-bond donors (Lipinski definition) is 2. The van der Waals surface area contributed by atoms with E-state index in [9.17, 15) is 0 Å². The Bertz CT molecular complexity index is 311. The number of halogens is 1. The molecule has 0 aromatic heterocycles. The van der Waals surface area contributed by atoms with Gasteiger partial charge in [-0.25, -0.2) is 0 Å². The molecule has 0 radical (unpaired) electrons. The van der Waals surface area contributed by atoms with Gasteiger partial charge in [-0.15, -0.1) is 24.0 Å². The van der Waals surface area contributed by atoms with Crippen LogP contribution in [0.5, 0.6) is 0 Å². The van der Waals surface area contributed by atoms with E-state index in [0.29, 0.717) is 6.04 Å². The van der Waals surface area contributed by atoms with Crippen molar-refractivity contribution in [1.29, 1.82) is 0 Å². The second-order valence-electron chi connectivity index (χ2n) is 6.21. The third kappa shape index (κ3) is 11.2. The Kier molecular flexibility index (Phi) is 14.2. The van der Waals surface area contributed by atoms with Crippen LogP contribution in [0.2, 0.25) is 0 Å². The molecule has 2 N–H and O–H groups in total. The number of rotatable bonds is 12. The van der Waals surface area contributed by atoms with E-state index in [1.54, 1.807) is 0 Å². The Morgan fingerprint density at radius 1 is 1.22 bits per heavy atom. The van der Waals surface area contributed by atoms with Crippen LogP contribution in [0.15, 0.2) is 4.99 Å². The van der Waals surface area contributed by atoms with Crippen molar-refractivity contribution in [3.05, 3.63) is 0 Å². The Labute approximate surface area is 160 Å². The van der Waals surface area contributed by atoms with E-state index < -0.39 is 0 Å². The van der Waals surface area contributed by atoms with Gasteiger partial charge >= 0.3 is 0 Å². The number of guanidine groups is 1. The second kappa shape index (κ2) is 14.3. The lowest BCUT2D eigenvalue weighted by molar-refractivity contribution is 0.129. The van der Waals surface area contributed by atoms with E-state index >= 15 is 0 Å². The first-order chi connectivity index (χ1) is 10.7. The van der Waals surface area contributed by atoms with Gasteiger partial charge in [0.15, 0.2) is 5.96 Å². The van der Waals surface area contributed by atoms with Gasteiger partial charge in [0.2, 0.25) is 0 Å². The molecule has 138 valence electrons. The number of nitrogens with zero attached hydrogens (tertiary/aromatic N) is 2. The van der Waals surface area contributed by atoms with Crippen LogP contribution in [0, 0.1) is 0 Å². The van der Waals surface area contributed by atoms with Crippen LogP contribution >= 0.6 is 24.0 Å². The van der Waals surface area contributed by atoms with Crippen molar-refractivity contribution >= 4 is 29.9 Å². The predicted molar refractivity (Wildman–Crippen MR) is 110 cm³/mol. The summed E-state index contributed by atoms with van der Waals surface area (Å²) in [5, 5.41) is 6.70. The van der Waals surface area contributed by atoms with Crippen LogP contribution in [0.1, 0.15) is 52.9 Å². The Hall–Kier alpha value is -0.0800. The molecule has 0 aromatic carbocycles. The zero-order chi connectivity index (χ0) is 16.2. The molecule has 0 aliphatic heterocycles. The maximum absolute atomic E-state index is 5.57. The van der Waals surface area contributed by atoms with Gasteiger partial charge in [0.25, 0.3) is 0 Å². The first-order valence-electron chi connectivity index (χ1n) is 9.00. The molecule has 1 atom stereocenters. The molecule has 0 amide bonds. The second-order valence-corrected chi connectivity index (χ2v) is 6.21. The summed E-state index contributed by atoms with van der Waals surface area (Å²) in [4.78, 5) is 7.16. The Morgan fingerprint density at radius 3 is 2.52 bits per heavy atom. The molecule has 1 unspecified atom stereocenters. The van der Waals surface area contributed by atoms with Gasteiger partial charge in [-0.3, -0.25) is 9.89 Å². The molecule has 0 saturated heterocycles. The van der Waals surface area contributed by atoms with E-state index in [-0.39, 0.29) is 24.0 Å². The van der Waals surface area contributed by atoms with Crippen molar-refractivity contribution in [3.8, 4) is 0 Å². The molecule has 1 rings (SSSR count). The third-order valence-electron chi connectivity index (χ3n) is 4.08. The Balaban J connectivity index is 0.00000484. The van der Waals surface area contributed by atoms with Crippen molar-refractivity contribution in [2.45, 2.75) is 65.0 Å². The van der Waals surface area contributed by atoms with Crippen LogP contribution in [-0.2, 0) is 4.74 Å². The lowest BCUT2D eigenvalue weighted by Crippen LogP contribution is -2.40. The first-order valence-corrected chi connectivity index (χ1v) is 9.00. The zero-order valence-electron chi connectivity index (χ0n) is 15.4. The van der Waals surface area contributed by atoms with E-state index in [0.717, 1.165) is 57.7 Å². The quantitative estimate of drug-likeness (QED) is 0.212.